The second kappa shape index (κ2) is 5.75. The van der Waals surface area contributed by atoms with Gasteiger partial charge < -0.3 is 16.2 Å². The average Bonchev–Trinajstić information content (AvgIpc) is 2.41. The highest BCUT2D eigenvalue weighted by Gasteiger charge is 2.16. The summed E-state index contributed by atoms with van der Waals surface area (Å²) < 4.78 is 0.501. The van der Waals surface area contributed by atoms with Gasteiger partial charge in [-0.25, -0.2) is 4.79 Å². The van der Waals surface area contributed by atoms with Gasteiger partial charge in [0.05, 0.1) is 11.3 Å². The maximum Gasteiger partial charge on any atom is 0.337 e. The molecular formula is C14H11BrN2O3. The summed E-state index contributed by atoms with van der Waals surface area (Å²) in [7, 11) is 0. The topological polar surface area (TPSA) is 92.4 Å². The average molecular weight is 335 g/mol. The number of nitrogen functional groups attached to an aromatic ring is 1. The number of para-hydroxylation sites is 1. The van der Waals surface area contributed by atoms with Crippen LogP contribution < -0.4 is 11.1 Å². The fourth-order valence-corrected chi connectivity index (χ4v) is 2.11. The van der Waals surface area contributed by atoms with Gasteiger partial charge in [-0.1, -0.05) is 6.07 Å². The number of rotatable bonds is 3. The van der Waals surface area contributed by atoms with Crippen molar-refractivity contribution in [2.24, 2.45) is 0 Å². The molecule has 0 aliphatic heterocycles. The predicted molar refractivity (Wildman–Crippen MR) is 79.9 cm³/mol. The monoisotopic (exact) mass is 334 g/mol. The van der Waals surface area contributed by atoms with E-state index in [1.54, 1.807) is 36.4 Å². The molecule has 2 rings (SSSR count). The van der Waals surface area contributed by atoms with E-state index in [1.165, 1.54) is 6.07 Å². The summed E-state index contributed by atoms with van der Waals surface area (Å²) in [6.07, 6.45) is 0. The number of aromatic carboxylic acids is 1. The first-order valence-electron chi connectivity index (χ1n) is 5.67. The summed E-state index contributed by atoms with van der Waals surface area (Å²) in [5, 5.41) is 11.7. The fraction of sp³-hybridized carbons (Fsp3) is 0. The van der Waals surface area contributed by atoms with Crippen molar-refractivity contribution in [1.29, 1.82) is 0 Å². The lowest BCUT2D eigenvalue weighted by atomic mass is 10.1. The van der Waals surface area contributed by atoms with Gasteiger partial charge in [0.25, 0.3) is 5.91 Å². The molecule has 0 saturated carbocycles. The van der Waals surface area contributed by atoms with E-state index in [9.17, 15) is 9.59 Å². The van der Waals surface area contributed by atoms with Gasteiger partial charge in [0.2, 0.25) is 0 Å². The third-order valence-electron chi connectivity index (χ3n) is 2.66. The lowest BCUT2D eigenvalue weighted by Crippen LogP contribution is -2.15. The minimum atomic E-state index is -1.11. The Morgan fingerprint density at radius 3 is 2.35 bits per heavy atom. The largest absolute Gasteiger partial charge is 0.478 e. The van der Waals surface area contributed by atoms with Gasteiger partial charge in [-0.3, -0.25) is 4.79 Å². The van der Waals surface area contributed by atoms with Crippen LogP contribution in [0, 0.1) is 0 Å². The highest BCUT2D eigenvalue weighted by Crippen LogP contribution is 2.27. The van der Waals surface area contributed by atoms with Crippen molar-refractivity contribution in [3.05, 3.63) is 58.1 Å². The lowest BCUT2D eigenvalue weighted by Gasteiger charge is -2.10. The Morgan fingerprint density at radius 2 is 1.75 bits per heavy atom. The number of benzene rings is 2. The van der Waals surface area contributed by atoms with Crippen molar-refractivity contribution < 1.29 is 14.7 Å². The van der Waals surface area contributed by atoms with E-state index in [-0.39, 0.29) is 11.3 Å². The van der Waals surface area contributed by atoms with Crippen LogP contribution in [0.5, 0.6) is 0 Å². The molecule has 6 heteroatoms. The third-order valence-corrected chi connectivity index (χ3v) is 3.32. The first-order chi connectivity index (χ1) is 9.49. The molecule has 0 radical (unpaired) electrons. The molecule has 0 aliphatic carbocycles. The summed E-state index contributed by atoms with van der Waals surface area (Å²) in [4.78, 5) is 23.2. The van der Waals surface area contributed by atoms with Crippen LogP contribution in [0.15, 0.2) is 46.9 Å². The minimum absolute atomic E-state index is 0.0168. The number of nitrogens with two attached hydrogens (primary N) is 1. The van der Waals surface area contributed by atoms with Crippen molar-refractivity contribution in [2.75, 3.05) is 11.1 Å². The summed E-state index contributed by atoms with van der Waals surface area (Å²) in [5.41, 5.74) is 6.74. The van der Waals surface area contributed by atoms with E-state index >= 15 is 0 Å². The van der Waals surface area contributed by atoms with Crippen LogP contribution in [0.4, 0.5) is 11.4 Å². The van der Waals surface area contributed by atoms with Gasteiger partial charge in [0.1, 0.15) is 0 Å². The predicted octanol–water partition coefficient (Wildman–Crippen LogP) is 2.98. The van der Waals surface area contributed by atoms with Gasteiger partial charge >= 0.3 is 5.97 Å². The molecule has 0 aliphatic rings. The van der Waals surface area contributed by atoms with Crippen LogP contribution >= 0.6 is 15.9 Å². The van der Waals surface area contributed by atoms with Gasteiger partial charge in [-0.2, -0.15) is 0 Å². The van der Waals surface area contributed by atoms with Crippen LogP contribution in [-0.4, -0.2) is 17.0 Å². The number of carbonyl (C=O) groups excluding carboxylic acids is 1. The van der Waals surface area contributed by atoms with E-state index < -0.39 is 11.9 Å². The zero-order chi connectivity index (χ0) is 14.7. The molecule has 1 amide bonds. The second-order valence-electron chi connectivity index (χ2n) is 4.04. The Hall–Kier alpha value is -2.34. The second-order valence-corrected chi connectivity index (χ2v) is 4.90. The van der Waals surface area contributed by atoms with Crippen molar-refractivity contribution in [2.45, 2.75) is 0 Å². The van der Waals surface area contributed by atoms with Crippen LogP contribution in [0.25, 0.3) is 0 Å². The fourth-order valence-electron chi connectivity index (χ4n) is 1.65. The summed E-state index contributed by atoms with van der Waals surface area (Å²) in [5.74, 6) is -1.52. The maximum absolute atomic E-state index is 12.1. The molecule has 102 valence electrons. The Bertz CT molecular complexity index is 669. The van der Waals surface area contributed by atoms with E-state index in [4.69, 9.17) is 10.8 Å². The Morgan fingerprint density at radius 1 is 1.10 bits per heavy atom. The van der Waals surface area contributed by atoms with Crippen LogP contribution in [0.3, 0.4) is 0 Å². The van der Waals surface area contributed by atoms with Crippen LogP contribution in [0.1, 0.15) is 20.7 Å². The quantitative estimate of drug-likeness (QED) is 0.752. The Balaban J connectivity index is 2.32. The molecule has 0 unspecified atom stereocenters. The van der Waals surface area contributed by atoms with E-state index in [1.807, 2.05) is 0 Å². The van der Waals surface area contributed by atoms with Crippen LogP contribution in [-0.2, 0) is 0 Å². The molecule has 4 N–H and O–H groups in total. The molecule has 5 nitrogen and oxygen atoms in total. The highest BCUT2D eigenvalue weighted by atomic mass is 79.9. The third kappa shape index (κ3) is 2.97. The normalized spacial score (nSPS) is 10.1. The Kier molecular flexibility index (Phi) is 4.05. The number of hydrogen-bond donors (Lipinski definition) is 3. The van der Waals surface area contributed by atoms with E-state index in [0.29, 0.717) is 15.7 Å². The standard InChI is InChI=1S/C14H11BrN2O3/c15-11-3-1-2-10(14(19)20)12(11)17-13(18)8-4-6-9(16)7-5-8/h1-7H,16H2,(H,17,18)(H,19,20). The summed E-state index contributed by atoms with van der Waals surface area (Å²) >= 11 is 3.23. The highest BCUT2D eigenvalue weighted by molar-refractivity contribution is 9.10. The maximum atomic E-state index is 12.1. The zero-order valence-electron chi connectivity index (χ0n) is 10.3. The summed E-state index contributed by atoms with van der Waals surface area (Å²) in [6.45, 7) is 0. The molecule has 0 saturated heterocycles. The van der Waals surface area contributed by atoms with Gasteiger partial charge in [0, 0.05) is 15.7 Å². The van der Waals surface area contributed by atoms with Crippen molar-refractivity contribution >= 4 is 39.2 Å². The van der Waals surface area contributed by atoms with Crippen LogP contribution in [0.2, 0.25) is 0 Å². The molecular weight excluding hydrogens is 324 g/mol. The lowest BCUT2D eigenvalue weighted by molar-refractivity contribution is 0.0698. The van der Waals surface area contributed by atoms with E-state index in [2.05, 4.69) is 21.2 Å². The number of amides is 1. The smallest absolute Gasteiger partial charge is 0.337 e. The SMILES string of the molecule is Nc1ccc(C(=O)Nc2c(Br)cccc2C(=O)O)cc1. The van der Waals surface area contributed by atoms with Gasteiger partial charge in [0.15, 0.2) is 0 Å². The van der Waals surface area contributed by atoms with Gasteiger partial charge in [-0.05, 0) is 52.3 Å². The van der Waals surface area contributed by atoms with Gasteiger partial charge in [-0.15, -0.1) is 0 Å². The first kappa shape index (κ1) is 14.1. The number of carboxylic acids is 1. The number of halogens is 1. The molecule has 0 aromatic heterocycles. The molecule has 0 bridgehead atoms. The van der Waals surface area contributed by atoms with Crippen molar-refractivity contribution in [3.63, 3.8) is 0 Å². The molecule has 2 aromatic carbocycles. The number of anilines is 2. The number of hydrogen-bond acceptors (Lipinski definition) is 3. The molecule has 0 atom stereocenters. The minimum Gasteiger partial charge on any atom is -0.478 e. The summed E-state index contributed by atoms with van der Waals surface area (Å²) in [6, 6.07) is 11.0. The molecule has 0 spiro atoms. The molecule has 2 aromatic rings. The first-order valence-corrected chi connectivity index (χ1v) is 6.47. The number of nitrogens with one attached hydrogen (secondary N) is 1. The Labute approximate surface area is 123 Å². The number of carboxylic acid groups (broad SMARTS) is 1. The van der Waals surface area contributed by atoms with Crippen molar-refractivity contribution in [3.8, 4) is 0 Å². The molecule has 20 heavy (non-hydrogen) atoms. The van der Waals surface area contributed by atoms with E-state index in [0.717, 1.165) is 0 Å². The number of carbonyl (C=O) groups is 2. The molecule has 0 fully saturated rings. The molecule has 0 heterocycles. The van der Waals surface area contributed by atoms with Crippen molar-refractivity contribution in [1.82, 2.24) is 0 Å². The zero-order valence-corrected chi connectivity index (χ0v) is 11.8.